The van der Waals surface area contributed by atoms with Crippen LogP contribution in [0, 0.1) is 5.92 Å². The summed E-state index contributed by atoms with van der Waals surface area (Å²) in [4.78, 5) is 0. The van der Waals surface area contributed by atoms with Crippen LogP contribution in [0.5, 0.6) is 0 Å². The van der Waals surface area contributed by atoms with E-state index in [1.807, 2.05) is 50.2 Å². The molecule has 2 heterocycles. The van der Waals surface area contributed by atoms with Crippen molar-refractivity contribution in [1.82, 2.24) is 0 Å². The Balaban J connectivity index is 1.27. The van der Waals surface area contributed by atoms with Crippen molar-refractivity contribution in [2.24, 2.45) is 5.92 Å². The van der Waals surface area contributed by atoms with Crippen LogP contribution in [0.15, 0.2) is 121 Å². The lowest BCUT2D eigenvalue weighted by Crippen LogP contribution is -2.39. The maximum atomic E-state index is 7.12. The van der Waals surface area contributed by atoms with Gasteiger partial charge < -0.3 is 23.7 Å². The number of hydrogen-bond donors (Lipinski definition) is 0. The van der Waals surface area contributed by atoms with Crippen molar-refractivity contribution in [3.8, 4) is 0 Å². The van der Waals surface area contributed by atoms with Gasteiger partial charge in [-0.05, 0) is 42.5 Å². The molecule has 5 heteroatoms. The normalized spacial score (nSPS) is 23.4. The molecular weight excluding hydrogens is 512 g/mol. The van der Waals surface area contributed by atoms with Gasteiger partial charge in [0.25, 0.3) is 0 Å². The van der Waals surface area contributed by atoms with Crippen molar-refractivity contribution in [2.45, 2.75) is 56.8 Å². The standard InChI is InChI=1S/C36H38O5/c1-35(2)40-33-31(23-24-37-25-27-15-7-3-8-16-27)32(39-34(33)41-35)26-38-36(28-17-9-4-10-18-28,29-19-11-5-12-20-29)30-21-13-6-14-22-30/h3-22,31-34H,23-26H2,1-2H3/t31-,32-,33-,34-/m1/s1. The summed E-state index contributed by atoms with van der Waals surface area (Å²) < 4.78 is 32.2. The fourth-order valence-electron chi connectivity index (χ4n) is 6.11. The smallest absolute Gasteiger partial charge is 0.187 e. The fourth-order valence-corrected chi connectivity index (χ4v) is 6.11. The van der Waals surface area contributed by atoms with Gasteiger partial charge >= 0.3 is 0 Å². The highest BCUT2D eigenvalue weighted by molar-refractivity contribution is 5.47. The van der Waals surface area contributed by atoms with E-state index in [0.717, 1.165) is 28.7 Å². The summed E-state index contributed by atoms with van der Waals surface area (Å²) in [5.41, 5.74) is 3.53. The first-order valence-corrected chi connectivity index (χ1v) is 14.5. The van der Waals surface area contributed by atoms with Gasteiger partial charge in [-0.1, -0.05) is 121 Å². The molecule has 0 amide bonds. The van der Waals surface area contributed by atoms with E-state index >= 15 is 0 Å². The summed E-state index contributed by atoms with van der Waals surface area (Å²) >= 11 is 0. The average Bonchev–Trinajstić information content (AvgIpc) is 3.48. The topological polar surface area (TPSA) is 46.2 Å². The van der Waals surface area contributed by atoms with Crippen molar-refractivity contribution in [3.05, 3.63) is 144 Å². The van der Waals surface area contributed by atoms with Gasteiger partial charge in [-0.2, -0.15) is 0 Å². The molecule has 0 spiro atoms. The second kappa shape index (κ2) is 12.3. The lowest BCUT2D eigenvalue weighted by atomic mass is 9.80. The lowest BCUT2D eigenvalue weighted by molar-refractivity contribution is -0.218. The molecule has 4 aromatic rings. The second-order valence-corrected chi connectivity index (χ2v) is 11.2. The van der Waals surface area contributed by atoms with Crippen LogP contribution >= 0.6 is 0 Å². The summed E-state index contributed by atoms with van der Waals surface area (Å²) in [6, 6.07) is 41.5. The number of ether oxygens (including phenoxy) is 5. The van der Waals surface area contributed by atoms with Crippen LogP contribution < -0.4 is 0 Å². The number of hydrogen-bond acceptors (Lipinski definition) is 5. The first-order chi connectivity index (χ1) is 20.1. The third kappa shape index (κ3) is 6.01. The minimum atomic E-state index is -0.819. The van der Waals surface area contributed by atoms with Crippen LogP contribution in [0.1, 0.15) is 42.5 Å². The minimum absolute atomic E-state index is 0.0533. The Labute approximate surface area is 243 Å². The predicted octanol–water partition coefficient (Wildman–Crippen LogP) is 7.09. The molecule has 4 aromatic carbocycles. The number of rotatable bonds is 11. The molecule has 4 atom stereocenters. The Morgan fingerprint density at radius 2 is 1.20 bits per heavy atom. The molecule has 0 aromatic heterocycles. The maximum Gasteiger partial charge on any atom is 0.187 e. The Morgan fingerprint density at radius 1 is 0.683 bits per heavy atom. The highest BCUT2D eigenvalue weighted by Crippen LogP contribution is 2.45. The largest absolute Gasteiger partial charge is 0.377 e. The quantitative estimate of drug-likeness (QED) is 0.147. The SMILES string of the molecule is CC1(C)O[C@H]2O[C@H](COC(c3ccccc3)(c3ccccc3)c3ccccc3)[C@@H](CCOCc3ccccc3)[C@H]2O1. The number of benzene rings is 4. The molecule has 41 heavy (non-hydrogen) atoms. The highest BCUT2D eigenvalue weighted by atomic mass is 16.8. The Hall–Kier alpha value is -3.32. The molecule has 212 valence electrons. The van der Waals surface area contributed by atoms with E-state index in [-0.39, 0.29) is 18.1 Å². The molecule has 2 fully saturated rings. The predicted molar refractivity (Wildman–Crippen MR) is 158 cm³/mol. The zero-order valence-electron chi connectivity index (χ0n) is 23.7. The van der Waals surface area contributed by atoms with Crippen molar-refractivity contribution in [1.29, 1.82) is 0 Å². The lowest BCUT2D eigenvalue weighted by Gasteiger charge is -2.37. The van der Waals surface area contributed by atoms with Gasteiger partial charge in [0.1, 0.15) is 11.7 Å². The van der Waals surface area contributed by atoms with E-state index in [9.17, 15) is 0 Å². The Morgan fingerprint density at radius 3 is 1.73 bits per heavy atom. The van der Waals surface area contributed by atoms with E-state index in [1.165, 1.54) is 0 Å². The molecular formula is C36H38O5. The molecule has 2 aliphatic rings. The minimum Gasteiger partial charge on any atom is -0.377 e. The molecule has 0 radical (unpaired) electrons. The van der Waals surface area contributed by atoms with Crippen molar-refractivity contribution in [3.63, 3.8) is 0 Å². The summed E-state index contributed by atoms with van der Waals surface area (Å²) in [5.74, 6) is -0.635. The van der Waals surface area contributed by atoms with Gasteiger partial charge in [-0.25, -0.2) is 0 Å². The monoisotopic (exact) mass is 550 g/mol. The maximum absolute atomic E-state index is 7.12. The third-order valence-electron chi connectivity index (χ3n) is 8.01. The molecule has 0 N–H and O–H groups in total. The van der Waals surface area contributed by atoms with Gasteiger partial charge in [0.15, 0.2) is 12.1 Å². The van der Waals surface area contributed by atoms with Crippen LogP contribution in [0.3, 0.4) is 0 Å². The summed E-state index contributed by atoms with van der Waals surface area (Å²) in [6.45, 7) is 5.41. The third-order valence-corrected chi connectivity index (χ3v) is 8.01. The summed E-state index contributed by atoms with van der Waals surface area (Å²) in [6.07, 6.45) is -0.0658. The average molecular weight is 551 g/mol. The van der Waals surface area contributed by atoms with Crippen LogP contribution in [0.4, 0.5) is 0 Å². The zero-order valence-corrected chi connectivity index (χ0v) is 23.7. The van der Waals surface area contributed by atoms with Crippen molar-refractivity contribution < 1.29 is 23.7 Å². The summed E-state index contributed by atoms with van der Waals surface area (Å²) in [5, 5.41) is 0. The molecule has 6 rings (SSSR count). The summed E-state index contributed by atoms with van der Waals surface area (Å²) in [7, 11) is 0. The van der Waals surface area contributed by atoms with E-state index < -0.39 is 17.7 Å². The van der Waals surface area contributed by atoms with Crippen LogP contribution in [-0.4, -0.2) is 37.5 Å². The van der Waals surface area contributed by atoms with Crippen molar-refractivity contribution >= 4 is 0 Å². The highest BCUT2D eigenvalue weighted by Gasteiger charge is 2.55. The van der Waals surface area contributed by atoms with Gasteiger partial charge in [0.2, 0.25) is 0 Å². The van der Waals surface area contributed by atoms with E-state index in [0.29, 0.717) is 19.8 Å². The first kappa shape index (κ1) is 27.8. The van der Waals surface area contributed by atoms with E-state index in [4.69, 9.17) is 23.7 Å². The fraction of sp³-hybridized carbons (Fsp3) is 0.333. The molecule has 5 nitrogen and oxygen atoms in total. The molecule has 2 saturated heterocycles. The van der Waals surface area contributed by atoms with Crippen LogP contribution in [-0.2, 0) is 35.9 Å². The second-order valence-electron chi connectivity index (χ2n) is 11.2. The molecule has 0 bridgehead atoms. The van der Waals surface area contributed by atoms with Gasteiger partial charge in [0.05, 0.1) is 19.3 Å². The van der Waals surface area contributed by atoms with E-state index in [2.05, 4.69) is 84.9 Å². The van der Waals surface area contributed by atoms with Crippen LogP contribution in [0.25, 0.3) is 0 Å². The number of fused-ring (bicyclic) bond motifs is 1. The van der Waals surface area contributed by atoms with Crippen LogP contribution in [0.2, 0.25) is 0 Å². The zero-order chi connectivity index (χ0) is 28.1. The van der Waals surface area contributed by atoms with Gasteiger partial charge in [0, 0.05) is 12.5 Å². The Bertz CT molecular complexity index is 1260. The molecule has 0 aliphatic carbocycles. The first-order valence-electron chi connectivity index (χ1n) is 14.5. The molecule has 0 saturated carbocycles. The van der Waals surface area contributed by atoms with Gasteiger partial charge in [-0.15, -0.1) is 0 Å². The molecule has 2 aliphatic heterocycles. The molecule has 0 unspecified atom stereocenters. The van der Waals surface area contributed by atoms with E-state index in [1.54, 1.807) is 0 Å². The van der Waals surface area contributed by atoms with Crippen molar-refractivity contribution in [2.75, 3.05) is 13.2 Å². The Kier molecular flexibility index (Phi) is 8.33. The van der Waals surface area contributed by atoms with Gasteiger partial charge in [-0.3, -0.25) is 0 Å².